The Bertz CT molecular complexity index is 682. The Morgan fingerprint density at radius 1 is 1.19 bits per heavy atom. The molecule has 0 bridgehead atoms. The van der Waals surface area contributed by atoms with Crippen LogP contribution in [0.1, 0.15) is 25.7 Å². The Hall–Kier alpha value is -2.49. The molecule has 110 valence electrons. The van der Waals surface area contributed by atoms with Crippen LogP contribution in [0.25, 0.3) is 0 Å². The molecule has 0 fully saturated rings. The topological polar surface area (TPSA) is 89.4 Å². The number of benzene rings is 1. The van der Waals surface area contributed by atoms with Gasteiger partial charge >= 0.3 is 18.1 Å². The smallest absolute Gasteiger partial charge is 0.416 e. The van der Waals surface area contributed by atoms with Crippen LogP contribution < -0.4 is 4.74 Å². The SMILES string of the molecule is O=C(O)c1nnsc1C(=O)Oc1ccc(C(F)(F)F)cc1. The summed E-state index contributed by atoms with van der Waals surface area (Å²) in [7, 11) is 0. The van der Waals surface area contributed by atoms with Crippen LogP contribution in [-0.2, 0) is 6.18 Å². The van der Waals surface area contributed by atoms with Gasteiger partial charge in [0.25, 0.3) is 0 Å². The van der Waals surface area contributed by atoms with E-state index in [0.717, 1.165) is 24.3 Å². The molecule has 0 aliphatic carbocycles. The number of alkyl halides is 3. The Morgan fingerprint density at radius 2 is 1.81 bits per heavy atom. The average molecular weight is 318 g/mol. The highest BCUT2D eigenvalue weighted by Gasteiger charge is 2.30. The fraction of sp³-hybridized carbons (Fsp3) is 0.0909. The molecule has 10 heteroatoms. The molecule has 0 unspecified atom stereocenters. The van der Waals surface area contributed by atoms with Crippen molar-refractivity contribution >= 4 is 23.5 Å². The summed E-state index contributed by atoms with van der Waals surface area (Å²) in [6.07, 6.45) is -4.50. The van der Waals surface area contributed by atoms with E-state index in [9.17, 15) is 22.8 Å². The van der Waals surface area contributed by atoms with Crippen molar-refractivity contribution in [3.63, 3.8) is 0 Å². The van der Waals surface area contributed by atoms with Gasteiger partial charge in [0, 0.05) is 0 Å². The van der Waals surface area contributed by atoms with E-state index < -0.39 is 29.4 Å². The van der Waals surface area contributed by atoms with Crippen LogP contribution in [-0.4, -0.2) is 26.6 Å². The number of carboxylic acids is 1. The summed E-state index contributed by atoms with van der Waals surface area (Å²) in [4.78, 5) is 22.1. The number of hydrogen-bond acceptors (Lipinski definition) is 6. The molecule has 0 amide bonds. The second kappa shape index (κ2) is 5.48. The zero-order valence-corrected chi connectivity index (χ0v) is 10.7. The zero-order chi connectivity index (χ0) is 15.6. The molecule has 6 nitrogen and oxygen atoms in total. The number of carboxylic acid groups (broad SMARTS) is 1. The third-order valence-electron chi connectivity index (χ3n) is 2.27. The summed E-state index contributed by atoms with van der Waals surface area (Å²) >= 11 is 0.516. The van der Waals surface area contributed by atoms with E-state index in [1.807, 2.05) is 0 Å². The van der Waals surface area contributed by atoms with E-state index in [2.05, 4.69) is 9.59 Å². The molecular formula is C11H5F3N2O4S. The van der Waals surface area contributed by atoms with Crippen molar-refractivity contribution in [2.45, 2.75) is 6.18 Å². The number of aromatic carboxylic acids is 1. The lowest BCUT2D eigenvalue weighted by atomic mass is 10.2. The van der Waals surface area contributed by atoms with Crippen molar-refractivity contribution < 1.29 is 32.6 Å². The van der Waals surface area contributed by atoms with Crippen LogP contribution >= 0.6 is 11.5 Å². The number of halogens is 3. The van der Waals surface area contributed by atoms with Crippen LogP contribution in [0.15, 0.2) is 24.3 Å². The summed E-state index contributed by atoms with van der Waals surface area (Å²) in [5.74, 6) is -2.66. The molecule has 1 heterocycles. The molecule has 0 atom stereocenters. The van der Waals surface area contributed by atoms with Crippen LogP contribution in [0.4, 0.5) is 13.2 Å². The van der Waals surface area contributed by atoms with Crippen LogP contribution in [0.2, 0.25) is 0 Å². The first-order valence-electron chi connectivity index (χ1n) is 5.24. The molecule has 0 aliphatic rings. The predicted molar refractivity (Wildman–Crippen MR) is 63.3 cm³/mol. The highest BCUT2D eigenvalue weighted by Crippen LogP contribution is 2.30. The molecule has 0 aliphatic heterocycles. The zero-order valence-electron chi connectivity index (χ0n) is 9.92. The van der Waals surface area contributed by atoms with E-state index in [0.29, 0.717) is 11.5 Å². The maximum atomic E-state index is 12.4. The lowest BCUT2D eigenvalue weighted by Crippen LogP contribution is -2.12. The summed E-state index contributed by atoms with van der Waals surface area (Å²) in [5, 5.41) is 12.0. The van der Waals surface area contributed by atoms with E-state index in [-0.39, 0.29) is 10.6 Å². The van der Waals surface area contributed by atoms with Crippen molar-refractivity contribution in [1.82, 2.24) is 9.59 Å². The first-order valence-corrected chi connectivity index (χ1v) is 6.01. The summed E-state index contributed by atoms with van der Waals surface area (Å²) in [6, 6.07) is 3.39. The molecule has 0 saturated carbocycles. The fourth-order valence-corrected chi connectivity index (χ4v) is 1.86. The lowest BCUT2D eigenvalue weighted by Gasteiger charge is -2.07. The van der Waals surface area contributed by atoms with Gasteiger partial charge in [-0.3, -0.25) is 0 Å². The predicted octanol–water partition coefficient (Wildman–Crippen LogP) is 2.47. The maximum absolute atomic E-state index is 12.4. The number of carbonyl (C=O) groups excluding carboxylic acids is 1. The monoisotopic (exact) mass is 318 g/mol. The van der Waals surface area contributed by atoms with E-state index in [1.165, 1.54) is 0 Å². The summed E-state index contributed by atoms with van der Waals surface area (Å²) in [5.41, 5.74) is -1.47. The van der Waals surface area contributed by atoms with Crippen LogP contribution in [0, 0.1) is 0 Å². The fourth-order valence-electron chi connectivity index (χ4n) is 1.33. The van der Waals surface area contributed by atoms with Crippen molar-refractivity contribution in [3.05, 3.63) is 40.4 Å². The number of rotatable bonds is 3. The Balaban J connectivity index is 2.16. The van der Waals surface area contributed by atoms with Gasteiger partial charge in [-0.1, -0.05) is 4.49 Å². The molecule has 2 aromatic rings. The van der Waals surface area contributed by atoms with E-state index in [4.69, 9.17) is 9.84 Å². The Labute approximate surface area is 118 Å². The Morgan fingerprint density at radius 3 is 2.33 bits per heavy atom. The van der Waals surface area contributed by atoms with Gasteiger partial charge < -0.3 is 9.84 Å². The molecule has 21 heavy (non-hydrogen) atoms. The quantitative estimate of drug-likeness (QED) is 0.691. The third-order valence-corrected chi connectivity index (χ3v) is 2.97. The molecule has 1 aromatic heterocycles. The normalized spacial score (nSPS) is 11.2. The summed E-state index contributed by atoms with van der Waals surface area (Å²) < 4.78 is 45.2. The van der Waals surface area contributed by atoms with E-state index in [1.54, 1.807) is 0 Å². The van der Waals surface area contributed by atoms with Gasteiger partial charge in [-0.15, -0.1) is 5.10 Å². The standard InChI is InChI=1S/C11H5F3N2O4S/c12-11(13,14)5-1-3-6(4-2-5)20-10(19)8-7(9(17)18)15-16-21-8/h1-4H,(H,17,18). The largest absolute Gasteiger partial charge is 0.476 e. The maximum Gasteiger partial charge on any atom is 0.416 e. The van der Waals surface area contributed by atoms with Gasteiger partial charge in [-0.2, -0.15) is 13.2 Å². The first kappa shape index (κ1) is 14.9. The molecule has 1 N–H and O–H groups in total. The molecule has 0 spiro atoms. The molecular weight excluding hydrogens is 313 g/mol. The second-order valence-corrected chi connectivity index (χ2v) is 4.42. The number of carbonyl (C=O) groups is 2. The number of ether oxygens (including phenoxy) is 1. The summed E-state index contributed by atoms with van der Waals surface area (Å²) in [6.45, 7) is 0. The molecule has 2 rings (SSSR count). The number of hydrogen-bond donors (Lipinski definition) is 1. The van der Waals surface area contributed by atoms with Gasteiger partial charge in [0.2, 0.25) is 0 Å². The van der Waals surface area contributed by atoms with Crippen molar-refractivity contribution in [2.75, 3.05) is 0 Å². The van der Waals surface area contributed by atoms with Crippen LogP contribution in [0.5, 0.6) is 5.75 Å². The minimum absolute atomic E-state index is 0.155. The van der Waals surface area contributed by atoms with Gasteiger partial charge in [0.05, 0.1) is 5.56 Å². The lowest BCUT2D eigenvalue weighted by molar-refractivity contribution is -0.137. The minimum Gasteiger partial charge on any atom is -0.476 e. The van der Waals surface area contributed by atoms with Crippen molar-refractivity contribution in [1.29, 1.82) is 0 Å². The van der Waals surface area contributed by atoms with Crippen LogP contribution in [0.3, 0.4) is 0 Å². The second-order valence-electron chi connectivity index (χ2n) is 3.67. The van der Waals surface area contributed by atoms with Gasteiger partial charge in [-0.05, 0) is 35.8 Å². The van der Waals surface area contributed by atoms with E-state index >= 15 is 0 Å². The molecule has 0 radical (unpaired) electrons. The number of aromatic nitrogens is 2. The van der Waals surface area contributed by atoms with Gasteiger partial charge in [-0.25, -0.2) is 9.59 Å². The Kier molecular flexibility index (Phi) is 3.89. The third kappa shape index (κ3) is 3.34. The average Bonchev–Trinajstić information content (AvgIpc) is 2.87. The number of esters is 1. The van der Waals surface area contributed by atoms with Crippen molar-refractivity contribution in [2.24, 2.45) is 0 Å². The van der Waals surface area contributed by atoms with Crippen molar-refractivity contribution in [3.8, 4) is 5.75 Å². The highest BCUT2D eigenvalue weighted by atomic mass is 32.1. The number of nitrogens with zero attached hydrogens (tertiary/aromatic N) is 2. The molecule has 1 aromatic carbocycles. The first-order chi connectivity index (χ1) is 9.79. The highest BCUT2D eigenvalue weighted by molar-refractivity contribution is 7.08. The minimum atomic E-state index is -4.50. The molecule has 0 saturated heterocycles. The van der Waals surface area contributed by atoms with Gasteiger partial charge in [0.15, 0.2) is 10.6 Å². The van der Waals surface area contributed by atoms with Gasteiger partial charge in [0.1, 0.15) is 5.75 Å².